The first-order chi connectivity index (χ1) is 12.3. The van der Waals surface area contributed by atoms with Crippen molar-refractivity contribution >= 4 is 16.7 Å². The number of benzene rings is 2. The van der Waals surface area contributed by atoms with E-state index in [2.05, 4.69) is 4.98 Å². The van der Waals surface area contributed by atoms with Crippen LogP contribution in [0, 0.1) is 0 Å². The monoisotopic (exact) mass is 362 g/mol. The van der Waals surface area contributed by atoms with E-state index in [9.17, 15) is 22.8 Å². The van der Waals surface area contributed by atoms with Crippen molar-refractivity contribution in [2.45, 2.75) is 12.7 Å². The van der Waals surface area contributed by atoms with Crippen LogP contribution in [0.3, 0.4) is 0 Å². The summed E-state index contributed by atoms with van der Waals surface area (Å²) in [5.74, 6) is -0.498. The Labute approximate surface area is 145 Å². The number of fused-ring (bicyclic) bond motifs is 1. The molecule has 134 valence electrons. The molecule has 1 heterocycles. The number of ketones is 1. The Balaban J connectivity index is 1.98. The smallest absolute Gasteiger partial charge is 0.388 e. The minimum Gasteiger partial charge on any atom is -0.388 e. The third kappa shape index (κ3) is 3.50. The van der Waals surface area contributed by atoms with E-state index < -0.39 is 29.7 Å². The van der Waals surface area contributed by atoms with Gasteiger partial charge in [-0.3, -0.25) is 14.2 Å². The summed E-state index contributed by atoms with van der Waals surface area (Å²) in [5.41, 5.74) is -0.411. The van der Waals surface area contributed by atoms with Gasteiger partial charge in [0, 0.05) is 5.56 Å². The average Bonchev–Trinajstić information content (AvgIpc) is 2.62. The predicted octanol–water partition coefficient (Wildman–Crippen LogP) is 2.64. The molecular weight excluding hydrogens is 349 g/mol. The van der Waals surface area contributed by atoms with Gasteiger partial charge >= 0.3 is 6.18 Å². The first-order valence-electron chi connectivity index (χ1n) is 7.59. The summed E-state index contributed by atoms with van der Waals surface area (Å²) in [4.78, 5) is 28.1. The third-order valence-electron chi connectivity index (χ3n) is 3.90. The number of aliphatic hydroxyl groups excluding tert-OH is 1. The predicted molar refractivity (Wildman–Crippen MR) is 88.0 cm³/mol. The van der Waals surface area contributed by atoms with Crippen LogP contribution in [0.1, 0.15) is 21.5 Å². The fourth-order valence-electron chi connectivity index (χ4n) is 2.58. The zero-order valence-electron chi connectivity index (χ0n) is 13.3. The van der Waals surface area contributed by atoms with Crippen LogP contribution in [-0.2, 0) is 12.7 Å². The van der Waals surface area contributed by atoms with Crippen LogP contribution in [0.25, 0.3) is 10.9 Å². The molecule has 0 atom stereocenters. The number of Topliss-reactive ketones (excluding diaryl/α,β-unsaturated/α-hetero) is 1. The van der Waals surface area contributed by atoms with Crippen molar-refractivity contribution in [3.05, 3.63) is 75.8 Å². The van der Waals surface area contributed by atoms with Crippen LogP contribution in [0.15, 0.2) is 53.6 Å². The van der Waals surface area contributed by atoms with E-state index in [1.54, 1.807) is 0 Å². The number of aliphatic hydroxyl groups is 1. The van der Waals surface area contributed by atoms with Gasteiger partial charge in [0.25, 0.3) is 5.56 Å². The fourth-order valence-corrected chi connectivity index (χ4v) is 2.58. The van der Waals surface area contributed by atoms with E-state index in [4.69, 9.17) is 5.11 Å². The highest BCUT2D eigenvalue weighted by Gasteiger charge is 2.30. The molecule has 0 fully saturated rings. The molecule has 0 amide bonds. The maximum Gasteiger partial charge on any atom is 0.416 e. The highest BCUT2D eigenvalue weighted by atomic mass is 19.4. The lowest BCUT2D eigenvalue weighted by molar-refractivity contribution is -0.137. The first-order valence-corrected chi connectivity index (χ1v) is 7.59. The maximum absolute atomic E-state index is 12.8. The summed E-state index contributed by atoms with van der Waals surface area (Å²) in [7, 11) is 0. The largest absolute Gasteiger partial charge is 0.416 e. The van der Waals surface area contributed by atoms with E-state index in [0.29, 0.717) is 5.56 Å². The molecule has 0 aliphatic carbocycles. The number of halogens is 3. The van der Waals surface area contributed by atoms with Gasteiger partial charge in [-0.05, 0) is 29.8 Å². The van der Waals surface area contributed by atoms with E-state index in [1.807, 2.05) is 0 Å². The van der Waals surface area contributed by atoms with Gasteiger partial charge in [0.2, 0.25) is 0 Å². The van der Waals surface area contributed by atoms with Crippen LogP contribution >= 0.6 is 0 Å². The molecule has 0 unspecified atom stereocenters. The molecule has 0 saturated carbocycles. The molecule has 0 saturated heterocycles. The molecule has 0 bridgehead atoms. The van der Waals surface area contributed by atoms with Gasteiger partial charge in [-0.1, -0.05) is 18.2 Å². The first kappa shape index (κ1) is 17.8. The van der Waals surface area contributed by atoms with Gasteiger partial charge in [0.05, 0.1) is 29.3 Å². The van der Waals surface area contributed by atoms with Crippen molar-refractivity contribution in [2.75, 3.05) is 6.61 Å². The number of aromatic nitrogens is 2. The molecule has 5 nitrogen and oxygen atoms in total. The molecule has 1 aromatic heterocycles. The summed E-state index contributed by atoms with van der Waals surface area (Å²) in [6.45, 7) is -0.721. The molecular formula is C18H13F3N2O3. The number of hydrogen-bond donors (Lipinski definition) is 1. The lowest BCUT2D eigenvalue weighted by Crippen LogP contribution is -2.21. The SMILES string of the molecule is O=C(CO)c1ccc2c(=O)n(Cc3cccc(C(F)(F)F)c3)cnc2c1. The standard InChI is InChI=1S/C18H13F3N2O3/c19-18(20,21)13-3-1-2-11(6-13)8-23-10-22-15-7-12(16(25)9-24)4-5-14(15)17(23)26/h1-7,10,24H,8-9H2. The second-order valence-electron chi connectivity index (χ2n) is 5.69. The van der Waals surface area contributed by atoms with Crippen LogP contribution in [0.4, 0.5) is 13.2 Å². The van der Waals surface area contributed by atoms with Gasteiger partial charge in [0.15, 0.2) is 5.78 Å². The Bertz CT molecular complexity index is 1040. The highest BCUT2D eigenvalue weighted by Crippen LogP contribution is 2.29. The van der Waals surface area contributed by atoms with E-state index in [-0.39, 0.29) is 23.0 Å². The minimum absolute atomic E-state index is 0.0665. The van der Waals surface area contributed by atoms with Crippen LogP contribution < -0.4 is 5.56 Å². The Kier molecular flexibility index (Phi) is 4.60. The molecule has 3 rings (SSSR count). The zero-order chi connectivity index (χ0) is 18.9. The second kappa shape index (κ2) is 6.72. The maximum atomic E-state index is 12.8. The summed E-state index contributed by atoms with van der Waals surface area (Å²) in [6.07, 6.45) is -3.24. The Hall–Kier alpha value is -3.00. The summed E-state index contributed by atoms with van der Waals surface area (Å²) >= 11 is 0. The molecule has 3 aromatic rings. The van der Waals surface area contributed by atoms with Gasteiger partial charge in [-0.25, -0.2) is 4.98 Å². The number of hydrogen-bond acceptors (Lipinski definition) is 4. The molecule has 8 heteroatoms. The van der Waals surface area contributed by atoms with Crippen molar-refractivity contribution < 1.29 is 23.1 Å². The topological polar surface area (TPSA) is 72.2 Å². The molecule has 2 aromatic carbocycles. The van der Waals surface area contributed by atoms with Gasteiger partial charge < -0.3 is 5.11 Å². The third-order valence-corrected chi connectivity index (χ3v) is 3.90. The van der Waals surface area contributed by atoms with Crippen molar-refractivity contribution in [1.29, 1.82) is 0 Å². The van der Waals surface area contributed by atoms with Crippen molar-refractivity contribution in [2.24, 2.45) is 0 Å². The molecule has 0 aliphatic heterocycles. The molecule has 0 radical (unpaired) electrons. The number of carbonyl (C=O) groups is 1. The number of carbonyl (C=O) groups excluding carboxylic acids is 1. The molecule has 0 aliphatic rings. The van der Waals surface area contributed by atoms with Crippen LogP contribution in [0.2, 0.25) is 0 Å². The van der Waals surface area contributed by atoms with Crippen LogP contribution in [0.5, 0.6) is 0 Å². The van der Waals surface area contributed by atoms with E-state index in [0.717, 1.165) is 12.1 Å². The fraction of sp³-hybridized carbons (Fsp3) is 0.167. The van der Waals surface area contributed by atoms with Crippen molar-refractivity contribution in [3.8, 4) is 0 Å². The van der Waals surface area contributed by atoms with Gasteiger partial charge in [-0.15, -0.1) is 0 Å². The van der Waals surface area contributed by atoms with Gasteiger partial charge in [0.1, 0.15) is 6.61 Å². The lowest BCUT2D eigenvalue weighted by Gasteiger charge is -2.10. The molecule has 1 N–H and O–H groups in total. The van der Waals surface area contributed by atoms with E-state index >= 15 is 0 Å². The van der Waals surface area contributed by atoms with Crippen LogP contribution in [-0.4, -0.2) is 27.0 Å². The highest BCUT2D eigenvalue weighted by molar-refractivity contribution is 5.99. The molecule has 26 heavy (non-hydrogen) atoms. The number of nitrogens with zero attached hydrogens (tertiary/aromatic N) is 2. The van der Waals surface area contributed by atoms with Crippen molar-refractivity contribution in [3.63, 3.8) is 0 Å². The summed E-state index contributed by atoms with van der Waals surface area (Å²) in [6, 6.07) is 8.93. The quantitative estimate of drug-likeness (QED) is 0.725. The second-order valence-corrected chi connectivity index (χ2v) is 5.69. The Morgan fingerprint density at radius 3 is 2.62 bits per heavy atom. The number of rotatable bonds is 4. The molecule has 0 spiro atoms. The number of alkyl halides is 3. The Morgan fingerprint density at radius 1 is 1.15 bits per heavy atom. The summed E-state index contributed by atoms with van der Waals surface area (Å²) < 4.78 is 39.6. The average molecular weight is 362 g/mol. The van der Waals surface area contributed by atoms with Crippen molar-refractivity contribution in [1.82, 2.24) is 9.55 Å². The Morgan fingerprint density at radius 2 is 1.92 bits per heavy atom. The summed E-state index contributed by atoms with van der Waals surface area (Å²) in [5, 5.41) is 9.12. The normalized spacial score (nSPS) is 11.7. The van der Waals surface area contributed by atoms with Gasteiger partial charge in [-0.2, -0.15) is 13.2 Å². The zero-order valence-corrected chi connectivity index (χ0v) is 13.3. The van der Waals surface area contributed by atoms with E-state index in [1.165, 1.54) is 41.2 Å². The minimum atomic E-state index is -4.46. The lowest BCUT2D eigenvalue weighted by atomic mass is 10.1.